The van der Waals surface area contributed by atoms with Crippen molar-refractivity contribution >= 4 is 11.8 Å². The Kier molecular flexibility index (Phi) is 6.13. The van der Waals surface area contributed by atoms with Crippen molar-refractivity contribution in [3.05, 3.63) is 78.6 Å². The Hall–Kier alpha value is -2.90. The van der Waals surface area contributed by atoms with Crippen molar-refractivity contribution in [3.63, 3.8) is 0 Å². The van der Waals surface area contributed by atoms with Gasteiger partial charge in [0.05, 0.1) is 18.5 Å². The lowest BCUT2D eigenvalue weighted by Crippen LogP contribution is -2.30. The summed E-state index contributed by atoms with van der Waals surface area (Å²) in [6.07, 6.45) is 5.63. The average Bonchev–Trinajstić information content (AvgIpc) is 3.47. The quantitative estimate of drug-likeness (QED) is 0.375. The van der Waals surface area contributed by atoms with E-state index in [9.17, 15) is 0 Å². The molecule has 0 aliphatic carbocycles. The number of aromatic nitrogens is 4. The number of piperidine rings is 1. The summed E-state index contributed by atoms with van der Waals surface area (Å²) in [5, 5.41) is 9.93. The van der Waals surface area contributed by atoms with Crippen LogP contribution in [0.2, 0.25) is 0 Å². The number of likely N-dealkylation sites (tertiary alicyclic amines) is 1. The molecule has 7 heteroatoms. The van der Waals surface area contributed by atoms with E-state index in [1.807, 2.05) is 36.4 Å². The van der Waals surface area contributed by atoms with E-state index in [0.717, 1.165) is 47.6 Å². The molecule has 158 valence electrons. The van der Waals surface area contributed by atoms with Crippen LogP contribution in [0.15, 0.2) is 76.4 Å². The fourth-order valence-electron chi connectivity index (χ4n) is 3.89. The summed E-state index contributed by atoms with van der Waals surface area (Å²) in [4.78, 5) is 6.93. The van der Waals surface area contributed by atoms with E-state index in [-0.39, 0.29) is 0 Å². The molecule has 0 saturated carbocycles. The molecule has 0 N–H and O–H groups in total. The third-order valence-electron chi connectivity index (χ3n) is 5.47. The minimum Gasteiger partial charge on any atom is -0.440 e. The van der Waals surface area contributed by atoms with Gasteiger partial charge in [0, 0.05) is 11.3 Å². The van der Waals surface area contributed by atoms with Crippen LogP contribution in [0.3, 0.4) is 0 Å². The van der Waals surface area contributed by atoms with Gasteiger partial charge in [0.1, 0.15) is 0 Å². The Morgan fingerprint density at radius 3 is 2.39 bits per heavy atom. The third kappa shape index (κ3) is 4.73. The van der Waals surface area contributed by atoms with Gasteiger partial charge in [0.2, 0.25) is 5.89 Å². The van der Waals surface area contributed by atoms with Gasteiger partial charge in [-0.15, -0.1) is 10.2 Å². The van der Waals surface area contributed by atoms with Gasteiger partial charge in [-0.05, 0) is 38.1 Å². The molecule has 6 nitrogen and oxygen atoms in total. The molecule has 2 aromatic heterocycles. The monoisotopic (exact) mass is 431 g/mol. The SMILES string of the molecule is c1ccc(-c2cnc(CSc3nnc(CN4CCCCC4)n3-c3ccccc3)o2)cc1. The summed E-state index contributed by atoms with van der Waals surface area (Å²) in [7, 11) is 0. The van der Waals surface area contributed by atoms with E-state index >= 15 is 0 Å². The Balaban J connectivity index is 1.36. The zero-order chi connectivity index (χ0) is 20.9. The highest BCUT2D eigenvalue weighted by molar-refractivity contribution is 7.98. The molecule has 0 spiro atoms. The summed E-state index contributed by atoms with van der Waals surface area (Å²) in [5.41, 5.74) is 2.11. The lowest BCUT2D eigenvalue weighted by molar-refractivity contribution is 0.214. The largest absolute Gasteiger partial charge is 0.440 e. The number of rotatable bonds is 7. The molecule has 2 aromatic carbocycles. The molecule has 31 heavy (non-hydrogen) atoms. The van der Waals surface area contributed by atoms with Crippen LogP contribution in [0.4, 0.5) is 0 Å². The minimum atomic E-state index is 0.599. The van der Waals surface area contributed by atoms with Crippen molar-refractivity contribution in [2.45, 2.75) is 36.7 Å². The van der Waals surface area contributed by atoms with Gasteiger partial charge in [0.15, 0.2) is 16.7 Å². The molecule has 0 amide bonds. The molecule has 1 saturated heterocycles. The van der Waals surface area contributed by atoms with Gasteiger partial charge in [-0.25, -0.2) is 4.98 Å². The minimum absolute atomic E-state index is 0.599. The summed E-state index contributed by atoms with van der Waals surface area (Å²) in [6, 6.07) is 20.4. The molecule has 1 aliphatic heterocycles. The van der Waals surface area contributed by atoms with Crippen molar-refractivity contribution in [2.24, 2.45) is 0 Å². The fourth-order valence-corrected chi connectivity index (χ4v) is 4.71. The van der Waals surface area contributed by atoms with Crippen molar-refractivity contribution in [1.82, 2.24) is 24.6 Å². The van der Waals surface area contributed by atoms with Gasteiger partial charge in [-0.2, -0.15) is 0 Å². The summed E-state index contributed by atoms with van der Waals surface area (Å²) in [6.45, 7) is 3.07. The molecule has 3 heterocycles. The van der Waals surface area contributed by atoms with Crippen molar-refractivity contribution in [2.75, 3.05) is 13.1 Å². The van der Waals surface area contributed by atoms with Crippen LogP contribution in [-0.4, -0.2) is 37.7 Å². The van der Waals surface area contributed by atoms with Gasteiger partial charge >= 0.3 is 0 Å². The number of para-hydroxylation sites is 1. The van der Waals surface area contributed by atoms with E-state index in [4.69, 9.17) is 4.42 Å². The molecular weight excluding hydrogens is 406 g/mol. The predicted octanol–water partition coefficient (Wildman–Crippen LogP) is 5.20. The maximum absolute atomic E-state index is 5.97. The Morgan fingerprint density at radius 2 is 1.61 bits per heavy atom. The summed E-state index contributed by atoms with van der Waals surface area (Å²) >= 11 is 1.60. The molecule has 0 radical (unpaired) electrons. The fraction of sp³-hybridized carbons (Fsp3) is 0.292. The van der Waals surface area contributed by atoms with E-state index in [2.05, 4.69) is 48.9 Å². The van der Waals surface area contributed by atoms with E-state index in [1.54, 1.807) is 18.0 Å². The first kappa shape index (κ1) is 20.0. The first-order chi connectivity index (χ1) is 15.4. The Morgan fingerprint density at radius 1 is 0.871 bits per heavy atom. The molecule has 5 rings (SSSR count). The van der Waals surface area contributed by atoms with Crippen LogP contribution in [0, 0.1) is 0 Å². The summed E-state index contributed by atoms with van der Waals surface area (Å²) in [5.74, 6) is 3.05. The predicted molar refractivity (Wildman–Crippen MR) is 122 cm³/mol. The molecule has 0 unspecified atom stereocenters. The zero-order valence-electron chi connectivity index (χ0n) is 17.4. The van der Waals surface area contributed by atoms with Gasteiger partial charge in [0.25, 0.3) is 0 Å². The standard InChI is InChI=1S/C24H25N5OS/c1-4-10-19(11-5-1)21-16-25-23(30-21)18-31-24-27-26-22(17-28-14-8-3-9-15-28)29(24)20-12-6-2-7-13-20/h1-2,4-7,10-13,16H,3,8-9,14-15,17-18H2. The smallest absolute Gasteiger partial charge is 0.205 e. The van der Waals surface area contributed by atoms with Crippen molar-refractivity contribution in [1.29, 1.82) is 0 Å². The van der Waals surface area contributed by atoms with Crippen molar-refractivity contribution in [3.8, 4) is 17.0 Å². The molecule has 4 aromatic rings. The summed E-state index contributed by atoms with van der Waals surface area (Å²) < 4.78 is 8.13. The molecule has 1 fully saturated rings. The van der Waals surface area contributed by atoms with E-state index in [1.165, 1.54) is 19.3 Å². The van der Waals surface area contributed by atoms with Crippen LogP contribution in [0.5, 0.6) is 0 Å². The van der Waals surface area contributed by atoms with E-state index < -0.39 is 0 Å². The number of oxazole rings is 1. The lowest BCUT2D eigenvalue weighted by atomic mass is 10.1. The average molecular weight is 432 g/mol. The van der Waals surface area contributed by atoms with Crippen LogP contribution in [0.1, 0.15) is 31.0 Å². The number of hydrogen-bond donors (Lipinski definition) is 0. The van der Waals surface area contributed by atoms with Crippen LogP contribution in [-0.2, 0) is 12.3 Å². The molecular formula is C24H25N5OS. The second-order valence-electron chi connectivity index (χ2n) is 7.68. The number of thioether (sulfide) groups is 1. The third-order valence-corrected chi connectivity index (χ3v) is 6.38. The van der Waals surface area contributed by atoms with Crippen molar-refractivity contribution < 1.29 is 4.42 Å². The first-order valence-corrected chi connectivity index (χ1v) is 11.7. The number of benzene rings is 2. The number of nitrogens with zero attached hydrogens (tertiary/aromatic N) is 5. The number of hydrogen-bond acceptors (Lipinski definition) is 6. The maximum Gasteiger partial charge on any atom is 0.205 e. The van der Waals surface area contributed by atoms with Crippen LogP contribution >= 0.6 is 11.8 Å². The van der Waals surface area contributed by atoms with Crippen LogP contribution in [0.25, 0.3) is 17.0 Å². The highest BCUT2D eigenvalue weighted by atomic mass is 32.2. The highest BCUT2D eigenvalue weighted by Crippen LogP contribution is 2.28. The van der Waals surface area contributed by atoms with Gasteiger partial charge in [-0.3, -0.25) is 9.47 Å². The van der Waals surface area contributed by atoms with Gasteiger partial charge in [-0.1, -0.05) is 66.7 Å². The first-order valence-electron chi connectivity index (χ1n) is 10.7. The second kappa shape index (κ2) is 9.49. The molecule has 0 bridgehead atoms. The van der Waals surface area contributed by atoms with Gasteiger partial charge < -0.3 is 4.42 Å². The Bertz CT molecular complexity index is 1100. The lowest BCUT2D eigenvalue weighted by Gasteiger charge is -2.26. The normalized spacial score (nSPS) is 14.7. The van der Waals surface area contributed by atoms with E-state index in [0.29, 0.717) is 11.6 Å². The Labute approximate surface area is 186 Å². The van der Waals surface area contributed by atoms with Crippen LogP contribution < -0.4 is 0 Å². The second-order valence-corrected chi connectivity index (χ2v) is 8.62. The maximum atomic E-state index is 5.97. The highest BCUT2D eigenvalue weighted by Gasteiger charge is 2.19. The topological polar surface area (TPSA) is 60.0 Å². The molecule has 0 atom stereocenters. The zero-order valence-corrected chi connectivity index (χ0v) is 18.2. The molecule has 1 aliphatic rings.